The average Bonchev–Trinajstić information content (AvgIpc) is 3.17. The minimum absolute atomic E-state index is 0.0216. The van der Waals surface area contributed by atoms with Crippen molar-refractivity contribution in [3.05, 3.63) is 41.8 Å². The zero-order valence-corrected chi connectivity index (χ0v) is 12.5. The molecule has 5 nitrogen and oxygen atoms in total. The van der Waals surface area contributed by atoms with Gasteiger partial charge in [-0.05, 0) is 50.2 Å². The summed E-state index contributed by atoms with van der Waals surface area (Å²) in [5.74, 6) is 0.174. The van der Waals surface area contributed by atoms with E-state index in [9.17, 15) is 9.18 Å². The van der Waals surface area contributed by atoms with Crippen molar-refractivity contribution in [3.63, 3.8) is 0 Å². The van der Waals surface area contributed by atoms with E-state index >= 15 is 0 Å². The fraction of sp³-hybridized carbons (Fsp3) is 0.375. The maximum absolute atomic E-state index is 13.0. The number of H-pyrrole nitrogens is 1. The molecule has 1 aliphatic heterocycles. The van der Waals surface area contributed by atoms with Gasteiger partial charge in [0.05, 0.1) is 17.5 Å². The Labute approximate surface area is 128 Å². The molecule has 22 heavy (non-hydrogen) atoms. The molecule has 2 N–H and O–H groups in total. The van der Waals surface area contributed by atoms with Crippen LogP contribution in [0.5, 0.6) is 0 Å². The largest absolute Gasteiger partial charge is 0.338 e. The molecule has 1 unspecified atom stereocenters. The van der Waals surface area contributed by atoms with Crippen LogP contribution < -0.4 is 5.32 Å². The summed E-state index contributed by atoms with van der Waals surface area (Å²) in [6.45, 7) is 2.44. The SMILES string of the molecule is CNCC1CCN(C(=O)c2cn[nH]c2-c2ccc(F)cc2)C1. The van der Waals surface area contributed by atoms with Crippen LogP contribution in [0.2, 0.25) is 0 Å². The van der Waals surface area contributed by atoms with E-state index in [-0.39, 0.29) is 11.7 Å². The summed E-state index contributed by atoms with van der Waals surface area (Å²) in [5.41, 5.74) is 1.94. The van der Waals surface area contributed by atoms with Gasteiger partial charge in [-0.3, -0.25) is 9.89 Å². The molecule has 1 atom stereocenters. The lowest BCUT2D eigenvalue weighted by molar-refractivity contribution is 0.0788. The number of nitrogens with one attached hydrogen (secondary N) is 2. The second-order valence-corrected chi connectivity index (χ2v) is 5.63. The van der Waals surface area contributed by atoms with Crippen molar-refractivity contribution in [1.82, 2.24) is 20.4 Å². The Kier molecular flexibility index (Phi) is 4.20. The van der Waals surface area contributed by atoms with Gasteiger partial charge in [0.1, 0.15) is 5.82 Å². The Morgan fingerprint density at radius 3 is 2.95 bits per heavy atom. The third-order valence-electron chi connectivity index (χ3n) is 4.07. The van der Waals surface area contributed by atoms with Gasteiger partial charge in [0, 0.05) is 18.7 Å². The molecule has 1 saturated heterocycles. The number of benzene rings is 1. The van der Waals surface area contributed by atoms with Gasteiger partial charge in [-0.2, -0.15) is 5.10 Å². The number of nitrogens with zero attached hydrogens (tertiary/aromatic N) is 2. The normalized spacial score (nSPS) is 17.9. The van der Waals surface area contributed by atoms with Crippen LogP contribution in [0.4, 0.5) is 4.39 Å². The summed E-state index contributed by atoms with van der Waals surface area (Å²) < 4.78 is 13.0. The van der Waals surface area contributed by atoms with E-state index in [2.05, 4.69) is 15.5 Å². The molecule has 116 valence electrons. The minimum atomic E-state index is -0.300. The molecular formula is C16H19FN4O. The topological polar surface area (TPSA) is 61.0 Å². The Morgan fingerprint density at radius 1 is 1.45 bits per heavy atom. The summed E-state index contributed by atoms with van der Waals surface area (Å²) in [5, 5.41) is 9.99. The number of hydrogen-bond donors (Lipinski definition) is 2. The molecule has 6 heteroatoms. The van der Waals surface area contributed by atoms with E-state index in [1.165, 1.54) is 12.1 Å². The van der Waals surface area contributed by atoms with Gasteiger partial charge >= 0.3 is 0 Å². The fourth-order valence-electron chi connectivity index (χ4n) is 2.93. The molecule has 1 aromatic carbocycles. The zero-order valence-electron chi connectivity index (χ0n) is 12.5. The van der Waals surface area contributed by atoms with E-state index < -0.39 is 0 Å². The Hall–Kier alpha value is -2.21. The second-order valence-electron chi connectivity index (χ2n) is 5.63. The molecule has 2 heterocycles. The lowest BCUT2D eigenvalue weighted by atomic mass is 10.1. The molecule has 3 rings (SSSR count). The Morgan fingerprint density at radius 2 is 2.23 bits per heavy atom. The van der Waals surface area contributed by atoms with Gasteiger partial charge < -0.3 is 10.2 Å². The summed E-state index contributed by atoms with van der Waals surface area (Å²) in [6, 6.07) is 6.05. The van der Waals surface area contributed by atoms with Crippen LogP contribution in [0.3, 0.4) is 0 Å². The number of carbonyl (C=O) groups is 1. The van der Waals surface area contributed by atoms with Crippen LogP contribution >= 0.6 is 0 Å². The van der Waals surface area contributed by atoms with Crippen LogP contribution in [0.15, 0.2) is 30.5 Å². The molecule has 1 fully saturated rings. The van der Waals surface area contributed by atoms with E-state index in [0.717, 1.165) is 31.6 Å². The standard InChI is InChI=1S/C16H19FN4O/c1-18-8-11-6-7-21(10-11)16(22)14-9-19-20-15(14)12-2-4-13(17)5-3-12/h2-5,9,11,18H,6-8,10H2,1H3,(H,19,20). The first-order valence-electron chi connectivity index (χ1n) is 7.42. The van der Waals surface area contributed by atoms with Gasteiger partial charge in [0.25, 0.3) is 5.91 Å². The van der Waals surface area contributed by atoms with Crippen molar-refractivity contribution < 1.29 is 9.18 Å². The van der Waals surface area contributed by atoms with Gasteiger partial charge in [0.2, 0.25) is 0 Å². The molecule has 0 saturated carbocycles. The Bertz CT molecular complexity index is 652. The maximum atomic E-state index is 13.0. The van der Waals surface area contributed by atoms with E-state index in [4.69, 9.17) is 0 Å². The van der Waals surface area contributed by atoms with Gasteiger partial charge in [-0.15, -0.1) is 0 Å². The zero-order chi connectivity index (χ0) is 15.5. The van der Waals surface area contributed by atoms with E-state index in [1.54, 1.807) is 18.3 Å². The first kappa shape index (κ1) is 14.7. The van der Waals surface area contributed by atoms with Crippen LogP contribution in [0.25, 0.3) is 11.3 Å². The van der Waals surface area contributed by atoms with Crippen molar-refractivity contribution in [2.45, 2.75) is 6.42 Å². The maximum Gasteiger partial charge on any atom is 0.257 e. The number of aromatic amines is 1. The lowest BCUT2D eigenvalue weighted by Crippen LogP contribution is -2.30. The molecule has 0 bridgehead atoms. The minimum Gasteiger partial charge on any atom is -0.338 e. The first-order valence-corrected chi connectivity index (χ1v) is 7.42. The van der Waals surface area contributed by atoms with Gasteiger partial charge in [0.15, 0.2) is 0 Å². The van der Waals surface area contributed by atoms with Crippen molar-refractivity contribution in [3.8, 4) is 11.3 Å². The highest BCUT2D eigenvalue weighted by Crippen LogP contribution is 2.25. The smallest absolute Gasteiger partial charge is 0.257 e. The molecule has 1 amide bonds. The number of rotatable bonds is 4. The third-order valence-corrected chi connectivity index (χ3v) is 4.07. The van der Waals surface area contributed by atoms with Gasteiger partial charge in [-0.1, -0.05) is 0 Å². The van der Waals surface area contributed by atoms with E-state index in [1.807, 2.05) is 11.9 Å². The molecule has 0 aliphatic carbocycles. The van der Waals surface area contributed by atoms with E-state index in [0.29, 0.717) is 17.2 Å². The van der Waals surface area contributed by atoms with Crippen molar-refractivity contribution in [1.29, 1.82) is 0 Å². The van der Waals surface area contributed by atoms with Crippen LogP contribution in [-0.2, 0) is 0 Å². The molecule has 0 radical (unpaired) electrons. The molecule has 0 spiro atoms. The van der Waals surface area contributed by atoms with Crippen LogP contribution in [0.1, 0.15) is 16.8 Å². The highest BCUT2D eigenvalue weighted by atomic mass is 19.1. The fourth-order valence-corrected chi connectivity index (χ4v) is 2.93. The first-order chi connectivity index (χ1) is 10.7. The molecule has 2 aromatic rings. The third kappa shape index (κ3) is 2.87. The second kappa shape index (κ2) is 6.27. The summed E-state index contributed by atoms with van der Waals surface area (Å²) >= 11 is 0. The summed E-state index contributed by atoms with van der Waals surface area (Å²) in [7, 11) is 1.92. The monoisotopic (exact) mass is 302 g/mol. The number of amides is 1. The number of likely N-dealkylation sites (tertiary alicyclic amines) is 1. The average molecular weight is 302 g/mol. The lowest BCUT2D eigenvalue weighted by Gasteiger charge is -2.16. The highest BCUT2D eigenvalue weighted by Gasteiger charge is 2.28. The van der Waals surface area contributed by atoms with Crippen molar-refractivity contribution in [2.24, 2.45) is 5.92 Å². The predicted octanol–water partition coefficient (Wildman–Crippen LogP) is 1.90. The number of hydrogen-bond acceptors (Lipinski definition) is 3. The number of halogens is 1. The van der Waals surface area contributed by atoms with Crippen LogP contribution in [0, 0.1) is 11.7 Å². The number of aromatic nitrogens is 2. The van der Waals surface area contributed by atoms with Crippen LogP contribution in [-0.4, -0.2) is 47.7 Å². The molecular weight excluding hydrogens is 283 g/mol. The van der Waals surface area contributed by atoms with Crippen molar-refractivity contribution in [2.75, 3.05) is 26.7 Å². The summed E-state index contributed by atoms with van der Waals surface area (Å²) in [4.78, 5) is 14.6. The highest BCUT2D eigenvalue weighted by molar-refractivity contribution is 5.99. The molecule has 1 aromatic heterocycles. The Balaban J connectivity index is 1.80. The molecule has 1 aliphatic rings. The summed E-state index contributed by atoms with van der Waals surface area (Å²) in [6.07, 6.45) is 2.56. The quantitative estimate of drug-likeness (QED) is 0.907. The van der Waals surface area contributed by atoms with Crippen molar-refractivity contribution >= 4 is 5.91 Å². The number of carbonyl (C=O) groups excluding carboxylic acids is 1. The predicted molar refractivity (Wildman–Crippen MR) is 81.9 cm³/mol. The van der Waals surface area contributed by atoms with Gasteiger partial charge in [-0.25, -0.2) is 4.39 Å².